The summed E-state index contributed by atoms with van der Waals surface area (Å²) >= 11 is 0.900. The summed E-state index contributed by atoms with van der Waals surface area (Å²) in [6.45, 7) is 0.521. The van der Waals surface area contributed by atoms with E-state index in [0.717, 1.165) is 23.5 Å². The molecule has 228 valence electrons. The lowest BCUT2D eigenvalue weighted by Gasteiger charge is -2.31. The van der Waals surface area contributed by atoms with E-state index < -0.39 is 45.5 Å². The van der Waals surface area contributed by atoms with E-state index in [1.807, 2.05) is 0 Å². The fourth-order valence-electron chi connectivity index (χ4n) is 4.02. The lowest BCUT2D eigenvalue weighted by atomic mass is 10.1. The summed E-state index contributed by atoms with van der Waals surface area (Å²) in [5, 5.41) is 3.48. The predicted molar refractivity (Wildman–Crippen MR) is 145 cm³/mol. The van der Waals surface area contributed by atoms with Gasteiger partial charge < -0.3 is 11.1 Å². The Morgan fingerprint density at radius 2 is 1.77 bits per heavy atom. The number of nitrogens with one attached hydrogen (secondary N) is 1. The van der Waals surface area contributed by atoms with E-state index in [9.17, 15) is 35.2 Å². The van der Waals surface area contributed by atoms with Gasteiger partial charge in [0.25, 0.3) is 0 Å². The summed E-state index contributed by atoms with van der Waals surface area (Å²) in [7, 11) is -3.73. The largest absolute Gasteiger partial charge is 0.446 e. The summed E-state index contributed by atoms with van der Waals surface area (Å²) in [5.41, 5.74) is 5.18. The van der Waals surface area contributed by atoms with E-state index in [0.29, 0.717) is 23.8 Å². The lowest BCUT2D eigenvalue weighted by Crippen LogP contribution is -2.42. The zero-order chi connectivity index (χ0) is 31.4. The molecule has 43 heavy (non-hydrogen) atoms. The first-order chi connectivity index (χ1) is 20.3. The van der Waals surface area contributed by atoms with Crippen LogP contribution in [0.15, 0.2) is 60.1 Å². The molecule has 1 saturated heterocycles. The van der Waals surface area contributed by atoms with Crippen LogP contribution in [0.25, 0.3) is 5.82 Å². The zero-order valence-corrected chi connectivity index (χ0v) is 23.5. The van der Waals surface area contributed by atoms with Gasteiger partial charge in [-0.3, -0.25) is 14.2 Å². The number of nitrogens with zero attached hydrogens (tertiary/aromatic N) is 5. The van der Waals surface area contributed by atoms with Crippen molar-refractivity contribution in [1.82, 2.24) is 23.8 Å². The highest BCUT2D eigenvalue weighted by atomic mass is 32.2. The first-order valence-electron chi connectivity index (χ1n) is 12.3. The van der Waals surface area contributed by atoms with Crippen LogP contribution in [0.3, 0.4) is 0 Å². The summed E-state index contributed by atoms with van der Waals surface area (Å²) in [6.07, 6.45) is 1.46. The first kappa shape index (κ1) is 31.6. The van der Waals surface area contributed by atoms with Gasteiger partial charge in [0, 0.05) is 37.7 Å². The molecule has 0 amide bonds. The number of alkyl halides is 3. The quantitative estimate of drug-likeness (QED) is 0.174. The Bertz CT molecular complexity index is 1670. The fraction of sp³-hybridized carbons (Fsp3) is 0.240. The summed E-state index contributed by atoms with van der Waals surface area (Å²) < 4.78 is 88.6. The van der Waals surface area contributed by atoms with Crippen molar-refractivity contribution in [3.05, 3.63) is 77.3 Å². The number of halogens is 5. The number of hydrogen-bond acceptors (Lipinski definition) is 10. The van der Waals surface area contributed by atoms with Crippen molar-refractivity contribution < 1.29 is 40.0 Å². The number of aromatic nitrogens is 4. The number of rotatable bonds is 7. The smallest absolute Gasteiger partial charge is 0.382 e. The molecule has 5 rings (SSSR count). The number of pyridine rings is 1. The standard InChI is InChI=1S/C23H21F2N7O3S2.C2HF3O/c24-16-2-1-3-17(25)19(16)20(33)21-22(26)30-23(36-21)29-14-6-9-32(10-7-14)37(34,35)15-4-5-18(28-12-15)31-11-8-27-13-31;3-2(4,5)1-6/h1-5,8,11-14H,6-7,9-10,26H2,(H,29,30);1H. The Balaban J connectivity index is 0.000000641. The van der Waals surface area contributed by atoms with Crippen LogP contribution in [0.5, 0.6) is 0 Å². The number of aldehydes is 1. The number of anilines is 2. The van der Waals surface area contributed by atoms with Crippen LogP contribution >= 0.6 is 11.3 Å². The molecule has 0 aliphatic carbocycles. The molecule has 18 heteroatoms. The molecule has 0 saturated carbocycles. The van der Waals surface area contributed by atoms with Crippen molar-refractivity contribution in [2.75, 3.05) is 24.1 Å². The summed E-state index contributed by atoms with van der Waals surface area (Å²) in [5.74, 6) is -2.42. The van der Waals surface area contributed by atoms with Crippen LogP contribution in [0.4, 0.5) is 32.9 Å². The molecule has 11 nitrogen and oxygen atoms in total. The number of ketones is 1. The highest BCUT2D eigenvalue weighted by Crippen LogP contribution is 2.31. The number of carbonyl (C=O) groups excluding carboxylic acids is 2. The van der Waals surface area contributed by atoms with Crippen LogP contribution in [0.2, 0.25) is 0 Å². The molecular formula is C25H22F5N7O4S2. The maximum Gasteiger partial charge on any atom is 0.446 e. The fourth-order valence-corrected chi connectivity index (χ4v) is 6.34. The third kappa shape index (κ3) is 7.57. The van der Waals surface area contributed by atoms with Gasteiger partial charge in [-0.25, -0.2) is 32.2 Å². The van der Waals surface area contributed by atoms with Gasteiger partial charge in [0.1, 0.15) is 39.4 Å². The van der Waals surface area contributed by atoms with Crippen molar-refractivity contribution in [3.8, 4) is 5.82 Å². The zero-order valence-electron chi connectivity index (χ0n) is 21.8. The molecule has 0 radical (unpaired) electrons. The predicted octanol–water partition coefficient (Wildman–Crippen LogP) is 3.83. The Morgan fingerprint density at radius 1 is 1.12 bits per heavy atom. The molecule has 0 atom stereocenters. The van der Waals surface area contributed by atoms with E-state index in [1.54, 1.807) is 29.4 Å². The number of sulfonamides is 1. The van der Waals surface area contributed by atoms with Gasteiger partial charge in [0.2, 0.25) is 22.1 Å². The Morgan fingerprint density at radius 3 is 2.30 bits per heavy atom. The van der Waals surface area contributed by atoms with Crippen molar-refractivity contribution in [1.29, 1.82) is 0 Å². The highest BCUT2D eigenvalue weighted by Gasteiger charge is 2.31. The van der Waals surface area contributed by atoms with Gasteiger partial charge in [-0.1, -0.05) is 17.4 Å². The maximum atomic E-state index is 14.0. The number of thiazole rings is 1. The summed E-state index contributed by atoms with van der Waals surface area (Å²) in [6, 6.07) is 6.16. The number of nitrogens with two attached hydrogens (primary N) is 1. The minimum absolute atomic E-state index is 0.0712. The van der Waals surface area contributed by atoms with Gasteiger partial charge in [-0.15, -0.1) is 0 Å². The van der Waals surface area contributed by atoms with E-state index in [-0.39, 0.29) is 34.7 Å². The maximum absolute atomic E-state index is 14.0. The Kier molecular flexibility index (Phi) is 9.51. The van der Waals surface area contributed by atoms with Crippen LogP contribution in [0, 0.1) is 11.6 Å². The molecule has 0 bridgehead atoms. The third-order valence-electron chi connectivity index (χ3n) is 6.09. The van der Waals surface area contributed by atoms with Gasteiger partial charge in [0.05, 0.1) is 5.56 Å². The number of carbonyl (C=O) groups is 2. The second kappa shape index (κ2) is 12.9. The molecule has 0 unspecified atom stereocenters. The number of nitrogen functional groups attached to an aromatic ring is 1. The van der Waals surface area contributed by atoms with Gasteiger partial charge in [0.15, 0.2) is 5.13 Å². The van der Waals surface area contributed by atoms with Crippen molar-refractivity contribution in [2.24, 2.45) is 0 Å². The minimum Gasteiger partial charge on any atom is -0.382 e. The second-order valence-electron chi connectivity index (χ2n) is 8.96. The first-order valence-corrected chi connectivity index (χ1v) is 14.5. The number of hydrogen-bond donors (Lipinski definition) is 2. The molecule has 4 aromatic rings. The highest BCUT2D eigenvalue weighted by molar-refractivity contribution is 7.89. The number of benzene rings is 1. The van der Waals surface area contributed by atoms with E-state index in [1.165, 1.54) is 22.6 Å². The molecule has 4 heterocycles. The second-order valence-corrected chi connectivity index (χ2v) is 11.9. The van der Waals surface area contributed by atoms with Crippen LogP contribution < -0.4 is 11.1 Å². The van der Waals surface area contributed by atoms with Crippen molar-refractivity contribution >= 4 is 44.4 Å². The SMILES string of the molecule is Nc1nc(NC2CCN(S(=O)(=O)c3ccc(-n4ccnc4)nc3)CC2)sc1C(=O)c1c(F)cccc1F.O=CC(F)(F)F. The van der Waals surface area contributed by atoms with Gasteiger partial charge in [-0.05, 0) is 37.1 Å². The monoisotopic (exact) mass is 643 g/mol. The molecule has 1 aliphatic heterocycles. The van der Waals surface area contributed by atoms with Crippen LogP contribution in [-0.2, 0) is 14.8 Å². The topological polar surface area (TPSA) is 153 Å². The van der Waals surface area contributed by atoms with Crippen LogP contribution in [-0.4, -0.2) is 69.6 Å². The number of piperidine rings is 1. The lowest BCUT2D eigenvalue weighted by molar-refractivity contribution is -0.156. The average Bonchev–Trinajstić information content (AvgIpc) is 3.63. The molecular weight excluding hydrogens is 621 g/mol. The average molecular weight is 644 g/mol. The van der Waals surface area contributed by atoms with E-state index >= 15 is 0 Å². The summed E-state index contributed by atoms with van der Waals surface area (Å²) in [4.78, 5) is 33.7. The third-order valence-corrected chi connectivity index (χ3v) is 8.98. The molecule has 3 aromatic heterocycles. The molecule has 3 N–H and O–H groups in total. The number of imidazole rings is 1. The van der Waals surface area contributed by atoms with Crippen LogP contribution in [0.1, 0.15) is 28.1 Å². The normalized spacial score (nSPS) is 14.5. The van der Waals surface area contributed by atoms with Gasteiger partial charge in [-0.2, -0.15) is 17.5 Å². The Hall–Kier alpha value is -4.29. The minimum atomic E-state index is -4.64. The van der Waals surface area contributed by atoms with Crippen molar-refractivity contribution in [3.63, 3.8) is 0 Å². The Labute approximate surface area is 245 Å². The molecule has 0 spiro atoms. The van der Waals surface area contributed by atoms with Gasteiger partial charge >= 0.3 is 6.18 Å². The molecule has 1 aromatic carbocycles. The van der Waals surface area contributed by atoms with Crippen molar-refractivity contribution in [2.45, 2.75) is 30.0 Å². The van der Waals surface area contributed by atoms with E-state index in [2.05, 4.69) is 20.3 Å². The molecule has 1 fully saturated rings. The molecule has 1 aliphatic rings. The van der Waals surface area contributed by atoms with E-state index in [4.69, 9.17) is 10.5 Å².